The number of likely N-dealkylation sites (tertiary alicyclic amines) is 1. The topological polar surface area (TPSA) is 60.8 Å². The summed E-state index contributed by atoms with van der Waals surface area (Å²) in [5.74, 6) is 1.82. The first-order valence-corrected chi connectivity index (χ1v) is 13.8. The number of nitrogens with zero attached hydrogens (tertiary/aromatic N) is 2. The van der Waals surface area contributed by atoms with E-state index in [2.05, 4.69) is 9.47 Å². The molecule has 1 aromatic heterocycles. The van der Waals surface area contributed by atoms with Gasteiger partial charge in [0.05, 0.1) is 24.6 Å². The summed E-state index contributed by atoms with van der Waals surface area (Å²) in [4.78, 5) is 28.5. The molecule has 0 atom stereocenters. The van der Waals surface area contributed by atoms with E-state index in [4.69, 9.17) is 9.47 Å². The zero-order chi connectivity index (χ0) is 26.8. The van der Waals surface area contributed by atoms with Crippen LogP contribution in [0.1, 0.15) is 52.0 Å². The van der Waals surface area contributed by atoms with Crippen LogP contribution in [-0.2, 0) is 13.0 Å². The first kappa shape index (κ1) is 25.4. The first-order chi connectivity index (χ1) is 19.0. The molecule has 1 saturated heterocycles. The van der Waals surface area contributed by atoms with Gasteiger partial charge in [-0.15, -0.1) is 0 Å². The summed E-state index contributed by atoms with van der Waals surface area (Å²) < 4.78 is 14.3. The highest BCUT2D eigenvalue weighted by molar-refractivity contribution is 6.10. The van der Waals surface area contributed by atoms with Gasteiger partial charge in [-0.25, -0.2) is 0 Å². The maximum absolute atomic E-state index is 13.3. The Kier molecular flexibility index (Phi) is 6.96. The molecular weight excluding hydrogens is 488 g/mol. The van der Waals surface area contributed by atoms with E-state index in [0.717, 1.165) is 79.0 Å². The van der Waals surface area contributed by atoms with Gasteiger partial charge in [-0.05, 0) is 36.7 Å². The lowest BCUT2D eigenvalue weighted by Gasteiger charge is -2.44. The summed E-state index contributed by atoms with van der Waals surface area (Å²) in [5, 5.41) is 0.939. The van der Waals surface area contributed by atoms with E-state index in [9.17, 15) is 9.59 Å². The quantitative estimate of drug-likeness (QED) is 0.267. The predicted molar refractivity (Wildman–Crippen MR) is 152 cm³/mol. The molecule has 0 unspecified atom stereocenters. The number of ether oxygens (including phenoxy) is 2. The molecule has 0 saturated carbocycles. The van der Waals surface area contributed by atoms with Crippen molar-refractivity contribution in [1.29, 1.82) is 0 Å². The van der Waals surface area contributed by atoms with Crippen LogP contribution in [0.2, 0.25) is 0 Å². The molecule has 3 heterocycles. The Hall–Kier alpha value is -3.90. The molecule has 39 heavy (non-hydrogen) atoms. The zero-order valence-corrected chi connectivity index (χ0v) is 22.4. The maximum Gasteiger partial charge on any atom is 0.170 e. The van der Waals surface area contributed by atoms with Crippen molar-refractivity contribution in [1.82, 2.24) is 9.47 Å². The lowest BCUT2D eigenvalue weighted by molar-refractivity contribution is -0.00926. The molecule has 6 rings (SSSR count). The number of hydrogen-bond donors (Lipinski definition) is 0. The number of benzene rings is 3. The van der Waals surface area contributed by atoms with E-state index in [1.54, 1.807) is 7.11 Å². The van der Waals surface area contributed by atoms with Gasteiger partial charge in [0.2, 0.25) is 0 Å². The molecule has 0 aliphatic carbocycles. The van der Waals surface area contributed by atoms with Crippen LogP contribution in [0.25, 0.3) is 10.9 Å². The number of Topliss-reactive ketones (excluding diaryl/α,β-unsaturated/α-hetero) is 2. The number of para-hydroxylation sites is 2. The number of carbonyl (C=O) groups excluding carboxylic acids is 2. The minimum atomic E-state index is -0.375. The fourth-order valence-corrected chi connectivity index (χ4v) is 6.14. The van der Waals surface area contributed by atoms with Crippen molar-refractivity contribution in [2.24, 2.45) is 0 Å². The molecule has 1 spiro atoms. The Bertz CT molecular complexity index is 1500. The lowest BCUT2D eigenvalue weighted by Crippen LogP contribution is -2.51. The number of rotatable bonds is 8. The van der Waals surface area contributed by atoms with Crippen molar-refractivity contribution < 1.29 is 19.1 Å². The van der Waals surface area contributed by atoms with E-state index < -0.39 is 0 Å². The summed E-state index contributed by atoms with van der Waals surface area (Å²) in [6, 6.07) is 23.4. The summed E-state index contributed by atoms with van der Waals surface area (Å²) in [7, 11) is 1.68. The van der Waals surface area contributed by atoms with E-state index >= 15 is 0 Å². The Labute approximate surface area is 229 Å². The Morgan fingerprint density at radius 2 is 1.72 bits per heavy atom. The zero-order valence-electron chi connectivity index (χ0n) is 22.4. The molecule has 1 fully saturated rings. The number of aromatic nitrogens is 1. The van der Waals surface area contributed by atoms with Gasteiger partial charge < -0.3 is 18.9 Å². The van der Waals surface area contributed by atoms with Crippen molar-refractivity contribution in [2.75, 3.05) is 26.7 Å². The Morgan fingerprint density at radius 3 is 2.51 bits per heavy atom. The van der Waals surface area contributed by atoms with E-state index in [1.807, 2.05) is 79.0 Å². The fraction of sp³-hybridized carbons (Fsp3) is 0.333. The molecular formula is C33H34N2O4. The highest BCUT2D eigenvalue weighted by Gasteiger charge is 2.42. The van der Waals surface area contributed by atoms with Crippen LogP contribution in [0, 0.1) is 0 Å². The second-order valence-corrected chi connectivity index (χ2v) is 10.8. The molecule has 6 nitrogen and oxygen atoms in total. The van der Waals surface area contributed by atoms with Crippen molar-refractivity contribution in [3.05, 3.63) is 95.7 Å². The largest absolute Gasteiger partial charge is 0.495 e. The third-order valence-electron chi connectivity index (χ3n) is 8.23. The van der Waals surface area contributed by atoms with Gasteiger partial charge in [0.25, 0.3) is 0 Å². The molecule has 0 amide bonds. The predicted octanol–water partition coefficient (Wildman–Crippen LogP) is 5.97. The number of fused-ring (bicyclic) bond motifs is 2. The molecule has 0 bridgehead atoms. The van der Waals surface area contributed by atoms with Gasteiger partial charge in [-0.3, -0.25) is 9.59 Å². The number of ketones is 2. The second kappa shape index (κ2) is 10.7. The first-order valence-electron chi connectivity index (χ1n) is 13.8. The maximum atomic E-state index is 13.3. The minimum absolute atomic E-state index is 0.114. The van der Waals surface area contributed by atoms with Crippen LogP contribution < -0.4 is 9.47 Å². The van der Waals surface area contributed by atoms with Gasteiger partial charge in [0.15, 0.2) is 11.6 Å². The monoisotopic (exact) mass is 522 g/mol. The van der Waals surface area contributed by atoms with E-state index in [-0.39, 0.29) is 17.2 Å². The SMILES string of the molecule is COc1cccc2c(C(=O)Cc3ccccc3)cn(CCCN3CCC4(CC3)CC(=O)c3ccccc3O4)c12. The van der Waals surface area contributed by atoms with Crippen molar-refractivity contribution >= 4 is 22.5 Å². The third kappa shape index (κ3) is 5.09. The molecule has 2 aliphatic heterocycles. The number of piperidine rings is 1. The average molecular weight is 523 g/mol. The molecule has 3 aromatic carbocycles. The van der Waals surface area contributed by atoms with Gasteiger partial charge in [-0.1, -0.05) is 54.6 Å². The van der Waals surface area contributed by atoms with Crippen LogP contribution in [-0.4, -0.2) is 53.4 Å². The molecule has 0 N–H and O–H groups in total. The van der Waals surface area contributed by atoms with Gasteiger partial charge >= 0.3 is 0 Å². The summed E-state index contributed by atoms with van der Waals surface area (Å²) in [5.41, 5.74) is 3.07. The highest BCUT2D eigenvalue weighted by Crippen LogP contribution is 2.39. The van der Waals surface area contributed by atoms with Crippen LogP contribution >= 0.6 is 0 Å². The van der Waals surface area contributed by atoms with Gasteiger partial charge in [0.1, 0.15) is 17.1 Å². The average Bonchev–Trinajstić information content (AvgIpc) is 3.34. The normalized spacial score (nSPS) is 16.7. The van der Waals surface area contributed by atoms with Crippen LogP contribution in [0.3, 0.4) is 0 Å². The molecule has 4 aromatic rings. The molecule has 6 heteroatoms. The Balaban J connectivity index is 1.11. The molecule has 2 aliphatic rings. The van der Waals surface area contributed by atoms with Crippen molar-refractivity contribution in [2.45, 2.75) is 44.2 Å². The summed E-state index contributed by atoms with van der Waals surface area (Å²) in [6.45, 7) is 3.56. The molecule has 200 valence electrons. The number of aryl methyl sites for hydroxylation is 1. The third-order valence-corrected chi connectivity index (χ3v) is 8.23. The Morgan fingerprint density at radius 1 is 0.949 bits per heavy atom. The summed E-state index contributed by atoms with van der Waals surface area (Å²) >= 11 is 0. The highest BCUT2D eigenvalue weighted by atomic mass is 16.5. The number of hydrogen-bond acceptors (Lipinski definition) is 5. The van der Waals surface area contributed by atoms with Crippen LogP contribution in [0.15, 0.2) is 79.0 Å². The van der Waals surface area contributed by atoms with E-state index in [0.29, 0.717) is 18.4 Å². The van der Waals surface area contributed by atoms with Crippen molar-refractivity contribution in [3.63, 3.8) is 0 Å². The van der Waals surface area contributed by atoms with E-state index in [1.165, 1.54) is 0 Å². The van der Waals surface area contributed by atoms with Crippen LogP contribution in [0.4, 0.5) is 0 Å². The molecule has 0 radical (unpaired) electrons. The second-order valence-electron chi connectivity index (χ2n) is 10.8. The minimum Gasteiger partial charge on any atom is -0.495 e. The van der Waals surface area contributed by atoms with Crippen molar-refractivity contribution in [3.8, 4) is 11.5 Å². The number of carbonyl (C=O) groups is 2. The number of methoxy groups -OCH3 is 1. The van der Waals surface area contributed by atoms with Crippen LogP contribution in [0.5, 0.6) is 11.5 Å². The lowest BCUT2D eigenvalue weighted by atomic mass is 9.82. The van der Waals surface area contributed by atoms with Gasteiger partial charge in [-0.2, -0.15) is 0 Å². The smallest absolute Gasteiger partial charge is 0.170 e. The van der Waals surface area contributed by atoms with Gasteiger partial charge in [0, 0.05) is 56.0 Å². The standard InChI is InChI=1S/C33H34N2O4/c1-38-31-14-7-12-25-27(28(36)21-24-9-3-2-4-10-24)23-35(32(25)31)18-8-17-34-19-15-33(16-20-34)22-29(37)26-11-5-6-13-30(26)39-33/h2-7,9-14,23H,8,15-22H2,1H3. The summed E-state index contributed by atoms with van der Waals surface area (Å²) in [6.07, 6.45) is 5.50. The fourth-order valence-electron chi connectivity index (χ4n) is 6.14.